The van der Waals surface area contributed by atoms with Crippen molar-refractivity contribution in [3.8, 4) is 5.75 Å². The highest BCUT2D eigenvalue weighted by Crippen LogP contribution is 2.34. The molecule has 1 heterocycles. The molecule has 2 aromatic carbocycles. The van der Waals surface area contributed by atoms with Gasteiger partial charge in [0.1, 0.15) is 5.75 Å². The SMILES string of the molecule is Nc1ccc2c(c1)N(Cc1cccc(Br)c1)C(=O)CO2. The number of carbonyl (C=O) groups is 1. The van der Waals surface area contributed by atoms with Crippen molar-refractivity contribution in [2.45, 2.75) is 6.54 Å². The summed E-state index contributed by atoms with van der Waals surface area (Å²) in [5.74, 6) is 0.622. The molecule has 0 radical (unpaired) electrons. The van der Waals surface area contributed by atoms with E-state index in [1.54, 1.807) is 23.1 Å². The smallest absolute Gasteiger partial charge is 0.265 e. The average Bonchev–Trinajstić information content (AvgIpc) is 2.42. The lowest BCUT2D eigenvalue weighted by Crippen LogP contribution is -2.38. The van der Waals surface area contributed by atoms with Crippen LogP contribution in [0.3, 0.4) is 0 Å². The van der Waals surface area contributed by atoms with Crippen LogP contribution < -0.4 is 15.4 Å². The normalized spacial score (nSPS) is 13.8. The summed E-state index contributed by atoms with van der Waals surface area (Å²) in [5, 5.41) is 0. The summed E-state index contributed by atoms with van der Waals surface area (Å²) in [4.78, 5) is 13.8. The Kier molecular flexibility index (Phi) is 3.36. The lowest BCUT2D eigenvalue weighted by Gasteiger charge is -2.29. The molecule has 0 bridgehead atoms. The zero-order valence-electron chi connectivity index (χ0n) is 10.7. The second kappa shape index (κ2) is 5.17. The van der Waals surface area contributed by atoms with E-state index in [1.807, 2.05) is 24.3 Å². The maximum absolute atomic E-state index is 12.1. The number of halogens is 1. The third-order valence-electron chi connectivity index (χ3n) is 3.16. The van der Waals surface area contributed by atoms with E-state index in [0.29, 0.717) is 18.0 Å². The number of nitrogens with zero attached hydrogens (tertiary/aromatic N) is 1. The lowest BCUT2D eigenvalue weighted by molar-refractivity contribution is -0.121. The van der Waals surface area contributed by atoms with Crippen LogP contribution in [0.2, 0.25) is 0 Å². The Labute approximate surface area is 125 Å². The summed E-state index contributed by atoms with van der Waals surface area (Å²) in [7, 11) is 0. The third kappa shape index (κ3) is 2.49. The van der Waals surface area contributed by atoms with Crippen molar-refractivity contribution in [1.82, 2.24) is 0 Å². The van der Waals surface area contributed by atoms with E-state index in [-0.39, 0.29) is 12.5 Å². The van der Waals surface area contributed by atoms with Gasteiger partial charge in [0.25, 0.3) is 5.91 Å². The van der Waals surface area contributed by atoms with Gasteiger partial charge in [-0.15, -0.1) is 0 Å². The van der Waals surface area contributed by atoms with Crippen LogP contribution >= 0.6 is 15.9 Å². The van der Waals surface area contributed by atoms with Gasteiger partial charge < -0.3 is 15.4 Å². The molecule has 4 nitrogen and oxygen atoms in total. The van der Waals surface area contributed by atoms with Gasteiger partial charge in [0.15, 0.2) is 6.61 Å². The van der Waals surface area contributed by atoms with Gasteiger partial charge in [-0.3, -0.25) is 4.79 Å². The third-order valence-corrected chi connectivity index (χ3v) is 3.65. The zero-order valence-corrected chi connectivity index (χ0v) is 12.3. The molecular formula is C15H13BrN2O2. The number of amides is 1. The summed E-state index contributed by atoms with van der Waals surface area (Å²) in [6.45, 7) is 0.559. The van der Waals surface area contributed by atoms with E-state index in [4.69, 9.17) is 10.5 Å². The minimum Gasteiger partial charge on any atom is -0.482 e. The van der Waals surface area contributed by atoms with Crippen LogP contribution in [0, 0.1) is 0 Å². The number of benzene rings is 2. The van der Waals surface area contributed by atoms with Crippen molar-refractivity contribution in [2.75, 3.05) is 17.2 Å². The van der Waals surface area contributed by atoms with Crippen LogP contribution in [0.4, 0.5) is 11.4 Å². The van der Waals surface area contributed by atoms with E-state index >= 15 is 0 Å². The number of nitrogens with two attached hydrogens (primary N) is 1. The molecule has 3 rings (SSSR count). The molecule has 5 heteroatoms. The Morgan fingerprint density at radius 2 is 2.10 bits per heavy atom. The molecule has 0 unspecified atom stereocenters. The highest BCUT2D eigenvalue weighted by atomic mass is 79.9. The maximum Gasteiger partial charge on any atom is 0.265 e. The van der Waals surface area contributed by atoms with E-state index in [2.05, 4.69) is 15.9 Å². The molecule has 2 N–H and O–H groups in total. The number of nitrogen functional groups attached to an aromatic ring is 1. The Morgan fingerprint density at radius 3 is 2.90 bits per heavy atom. The van der Waals surface area contributed by atoms with Crippen LogP contribution in [0.25, 0.3) is 0 Å². The Bertz CT molecular complexity index is 673. The highest BCUT2D eigenvalue weighted by molar-refractivity contribution is 9.10. The topological polar surface area (TPSA) is 55.6 Å². The van der Waals surface area contributed by atoms with Gasteiger partial charge in [-0.05, 0) is 35.9 Å². The minimum absolute atomic E-state index is 0.0604. The minimum atomic E-state index is -0.0666. The largest absolute Gasteiger partial charge is 0.482 e. The Morgan fingerprint density at radius 1 is 1.25 bits per heavy atom. The fourth-order valence-corrected chi connectivity index (χ4v) is 2.66. The van der Waals surface area contributed by atoms with Crippen molar-refractivity contribution >= 4 is 33.2 Å². The number of fused-ring (bicyclic) bond motifs is 1. The number of anilines is 2. The Hall–Kier alpha value is -2.01. The van der Waals surface area contributed by atoms with E-state index in [9.17, 15) is 4.79 Å². The second-order valence-corrected chi connectivity index (χ2v) is 5.54. The summed E-state index contributed by atoms with van der Waals surface area (Å²) in [6.07, 6.45) is 0. The van der Waals surface area contributed by atoms with Crippen molar-refractivity contribution in [3.63, 3.8) is 0 Å². The maximum atomic E-state index is 12.1. The van der Waals surface area contributed by atoms with Crippen LogP contribution in [0.15, 0.2) is 46.9 Å². The van der Waals surface area contributed by atoms with Gasteiger partial charge >= 0.3 is 0 Å². The number of carbonyl (C=O) groups excluding carboxylic acids is 1. The van der Waals surface area contributed by atoms with E-state index in [0.717, 1.165) is 15.7 Å². The predicted molar refractivity (Wildman–Crippen MR) is 81.7 cm³/mol. The standard InChI is InChI=1S/C15H13BrN2O2/c16-11-3-1-2-10(6-11)8-18-13-7-12(17)4-5-14(13)20-9-15(18)19/h1-7H,8-9,17H2. The van der Waals surface area contributed by atoms with Gasteiger partial charge in [-0.1, -0.05) is 28.1 Å². The number of ether oxygens (including phenoxy) is 1. The van der Waals surface area contributed by atoms with Gasteiger partial charge in [0, 0.05) is 10.2 Å². The van der Waals surface area contributed by atoms with Gasteiger partial charge in [0.2, 0.25) is 0 Å². The molecule has 2 aromatic rings. The van der Waals surface area contributed by atoms with Crippen molar-refractivity contribution < 1.29 is 9.53 Å². The molecular weight excluding hydrogens is 320 g/mol. The van der Waals surface area contributed by atoms with Crippen LogP contribution in [0.5, 0.6) is 5.75 Å². The fraction of sp³-hybridized carbons (Fsp3) is 0.133. The summed E-state index contributed by atoms with van der Waals surface area (Å²) < 4.78 is 6.42. The van der Waals surface area contributed by atoms with Crippen molar-refractivity contribution in [2.24, 2.45) is 0 Å². The number of hydrogen-bond donors (Lipinski definition) is 1. The van der Waals surface area contributed by atoms with Gasteiger partial charge in [0.05, 0.1) is 12.2 Å². The van der Waals surface area contributed by atoms with Gasteiger partial charge in [-0.2, -0.15) is 0 Å². The molecule has 1 amide bonds. The van der Waals surface area contributed by atoms with Crippen LogP contribution in [-0.4, -0.2) is 12.5 Å². The van der Waals surface area contributed by atoms with Crippen molar-refractivity contribution in [1.29, 1.82) is 0 Å². The van der Waals surface area contributed by atoms with Gasteiger partial charge in [-0.25, -0.2) is 0 Å². The molecule has 1 aliphatic rings. The number of rotatable bonds is 2. The summed E-state index contributed by atoms with van der Waals surface area (Å²) in [6, 6.07) is 13.2. The van der Waals surface area contributed by atoms with Crippen LogP contribution in [-0.2, 0) is 11.3 Å². The first-order chi connectivity index (χ1) is 9.63. The van der Waals surface area contributed by atoms with E-state index < -0.39 is 0 Å². The molecule has 0 spiro atoms. The Balaban J connectivity index is 1.97. The number of hydrogen-bond acceptors (Lipinski definition) is 3. The molecule has 0 fully saturated rings. The molecule has 0 aromatic heterocycles. The molecule has 1 aliphatic heterocycles. The van der Waals surface area contributed by atoms with E-state index in [1.165, 1.54) is 0 Å². The monoisotopic (exact) mass is 332 g/mol. The average molecular weight is 333 g/mol. The predicted octanol–water partition coefficient (Wildman–Crippen LogP) is 2.96. The zero-order chi connectivity index (χ0) is 14.1. The highest BCUT2D eigenvalue weighted by Gasteiger charge is 2.25. The second-order valence-electron chi connectivity index (χ2n) is 4.63. The molecule has 20 heavy (non-hydrogen) atoms. The van der Waals surface area contributed by atoms with Crippen molar-refractivity contribution in [3.05, 3.63) is 52.5 Å². The first-order valence-electron chi connectivity index (χ1n) is 6.20. The lowest BCUT2D eigenvalue weighted by atomic mass is 10.1. The molecule has 0 saturated carbocycles. The molecule has 102 valence electrons. The van der Waals surface area contributed by atoms with Crippen LogP contribution in [0.1, 0.15) is 5.56 Å². The first-order valence-corrected chi connectivity index (χ1v) is 7.00. The quantitative estimate of drug-likeness (QED) is 0.860. The fourth-order valence-electron chi connectivity index (χ4n) is 2.21. The first kappa shape index (κ1) is 13.0. The molecule has 0 aliphatic carbocycles. The summed E-state index contributed by atoms with van der Waals surface area (Å²) in [5.41, 5.74) is 8.19. The summed E-state index contributed by atoms with van der Waals surface area (Å²) >= 11 is 3.44. The molecule has 0 atom stereocenters. The molecule has 0 saturated heterocycles.